The Labute approximate surface area is 186 Å². The third-order valence-corrected chi connectivity index (χ3v) is 5.48. The number of benzene rings is 2. The number of rotatable bonds is 9. The molecule has 0 unspecified atom stereocenters. The first kappa shape index (κ1) is 23.1. The number of aryl methyl sites for hydroxylation is 1. The van der Waals surface area contributed by atoms with Crippen LogP contribution in [0.15, 0.2) is 47.5 Å². The molecule has 168 valence electrons. The maximum Gasteiger partial charge on any atom is 0.191 e. The molecule has 1 aliphatic heterocycles. The number of ether oxygens (including phenoxy) is 3. The highest BCUT2D eigenvalue weighted by Crippen LogP contribution is 2.19. The summed E-state index contributed by atoms with van der Waals surface area (Å²) in [4.78, 5) is 4.33. The number of nitrogens with one attached hydrogen (secondary N) is 2. The molecule has 0 saturated carbocycles. The molecular weight excluding hydrogens is 390 g/mol. The monoisotopic (exact) mass is 425 g/mol. The lowest BCUT2D eigenvalue weighted by Crippen LogP contribution is -2.37. The number of methoxy groups -OCH3 is 1. The van der Waals surface area contributed by atoms with Crippen molar-refractivity contribution in [3.05, 3.63) is 64.7 Å². The lowest BCUT2D eigenvalue weighted by atomic mass is 10.1. The predicted molar refractivity (Wildman–Crippen MR) is 125 cm³/mol. The van der Waals surface area contributed by atoms with Crippen molar-refractivity contribution in [3.63, 3.8) is 0 Å². The zero-order chi connectivity index (χ0) is 21.9. The molecule has 0 amide bonds. The van der Waals surface area contributed by atoms with E-state index in [2.05, 4.69) is 58.9 Å². The molecule has 0 bridgehead atoms. The molecule has 6 nitrogen and oxygen atoms in total. The summed E-state index contributed by atoms with van der Waals surface area (Å²) >= 11 is 0. The molecular formula is C25H35N3O3. The first-order valence-electron chi connectivity index (χ1n) is 11.0. The second-order valence-electron chi connectivity index (χ2n) is 7.86. The van der Waals surface area contributed by atoms with Gasteiger partial charge in [0.25, 0.3) is 0 Å². The van der Waals surface area contributed by atoms with Gasteiger partial charge in [-0.3, -0.25) is 4.99 Å². The van der Waals surface area contributed by atoms with Crippen molar-refractivity contribution in [2.24, 2.45) is 4.99 Å². The Kier molecular flexibility index (Phi) is 9.18. The first-order chi connectivity index (χ1) is 15.2. The van der Waals surface area contributed by atoms with Gasteiger partial charge in [0.05, 0.1) is 19.8 Å². The van der Waals surface area contributed by atoms with E-state index in [4.69, 9.17) is 14.2 Å². The van der Waals surface area contributed by atoms with Crippen LogP contribution in [0.3, 0.4) is 0 Å². The summed E-state index contributed by atoms with van der Waals surface area (Å²) in [6.07, 6.45) is 3.17. The van der Waals surface area contributed by atoms with Gasteiger partial charge in [-0.25, -0.2) is 0 Å². The summed E-state index contributed by atoms with van der Waals surface area (Å²) in [5.41, 5.74) is 4.84. The van der Waals surface area contributed by atoms with Gasteiger partial charge in [-0.05, 0) is 48.9 Å². The predicted octanol–water partition coefficient (Wildman–Crippen LogP) is 3.61. The molecule has 2 N–H and O–H groups in total. The average molecular weight is 426 g/mol. The van der Waals surface area contributed by atoms with Crippen LogP contribution in [0.25, 0.3) is 0 Å². The Balaban J connectivity index is 1.40. The van der Waals surface area contributed by atoms with Crippen molar-refractivity contribution < 1.29 is 14.2 Å². The van der Waals surface area contributed by atoms with E-state index in [1.54, 1.807) is 14.2 Å². The molecule has 0 aromatic heterocycles. The number of nitrogens with zero attached hydrogens (tertiary/aromatic N) is 1. The molecule has 2 aromatic carbocycles. The number of guanidine groups is 1. The van der Waals surface area contributed by atoms with Gasteiger partial charge in [0.15, 0.2) is 5.96 Å². The zero-order valence-corrected chi connectivity index (χ0v) is 18.9. The molecule has 1 fully saturated rings. The minimum atomic E-state index is 0.323. The van der Waals surface area contributed by atoms with Crippen LogP contribution in [0.5, 0.6) is 5.75 Å². The molecule has 0 aliphatic carbocycles. The summed E-state index contributed by atoms with van der Waals surface area (Å²) in [6.45, 7) is 5.87. The molecule has 6 heteroatoms. The van der Waals surface area contributed by atoms with Crippen molar-refractivity contribution in [2.75, 3.05) is 33.9 Å². The molecule has 0 spiro atoms. The zero-order valence-electron chi connectivity index (χ0n) is 18.9. The van der Waals surface area contributed by atoms with Crippen LogP contribution in [0.1, 0.15) is 35.1 Å². The quantitative estimate of drug-likeness (QED) is 0.475. The van der Waals surface area contributed by atoms with Crippen molar-refractivity contribution in [1.82, 2.24) is 10.6 Å². The van der Waals surface area contributed by atoms with Crippen LogP contribution in [-0.4, -0.2) is 46.0 Å². The highest BCUT2D eigenvalue weighted by molar-refractivity contribution is 5.79. The second-order valence-corrected chi connectivity index (χ2v) is 7.86. The van der Waals surface area contributed by atoms with Gasteiger partial charge in [0, 0.05) is 33.4 Å². The third-order valence-electron chi connectivity index (χ3n) is 5.48. The minimum Gasteiger partial charge on any atom is -0.496 e. The number of hydrogen-bond acceptors (Lipinski definition) is 4. The van der Waals surface area contributed by atoms with Gasteiger partial charge in [-0.2, -0.15) is 0 Å². The minimum absolute atomic E-state index is 0.323. The van der Waals surface area contributed by atoms with Crippen LogP contribution >= 0.6 is 0 Å². The molecule has 1 saturated heterocycles. The molecule has 0 atom stereocenters. The summed E-state index contributed by atoms with van der Waals surface area (Å²) in [5.74, 6) is 1.72. The number of aliphatic imine (C=N–C) groups is 1. The molecule has 31 heavy (non-hydrogen) atoms. The average Bonchev–Trinajstić information content (AvgIpc) is 2.81. The smallest absolute Gasteiger partial charge is 0.191 e. The van der Waals surface area contributed by atoms with Crippen LogP contribution in [-0.2, 0) is 29.0 Å². The van der Waals surface area contributed by atoms with Crippen LogP contribution < -0.4 is 15.4 Å². The summed E-state index contributed by atoms with van der Waals surface area (Å²) in [5, 5.41) is 6.76. The van der Waals surface area contributed by atoms with E-state index in [-0.39, 0.29) is 0 Å². The van der Waals surface area contributed by atoms with Gasteiger partial charge in [-0.1, -0.05) is 42.0 Å². The fourth-order valence-corrected chi connectivity index (χ4v) is 3.63. The topological polar surface area (TPSA) is 64.1 Å². The van der Waals surface area contributed by atoms with Gasteiger partial charge >= 0.3 is 0 Å². The number of hydrogen-bond donors (Lipinski definition) is 2. The van der Waals surface area contributed by atoms with E-state index in [9.17, 15) is 0 Å². The van der Waals surface area contributed by atoms with Crippen molar-refractivity contribution in [1.29, 1.82) is 0 Å². The maximum atomic E-state index is 6.00. The van der Waals surface area contributed by atoms with Gasteiger partial charge < -0.3 is 24.8 Å². The van der Waals surface area contributed by atoms with Crippen LogP contribution in [0, 0.1) is 6.92 Å². The maximum absolute atomic E-state index is 6.00. The van der Waals surface area contributed by atoms with E-state index in [1.807, 2.05) is 6.07 Å². The van der Waals surface area contributed by atoms with E-state index in [0.29, 0.717) is 19.3 Å². The fraction of sp³-hybridized carbons (Fsp3) is 0.480. The first-order valence-corrected chi connectivity index (χ1v) is 11.0. The van der Waals surface area contributed by atoms with Crippen LogP contribution in [0.2, 0.25) is 0 Å². The Hall–Kier alpha value is -2.57. The van der Waals surface area contributed by atoms with Crippen molar-refractivity contribution in [3.8, 4) is 5.75 Å². The van der Waals surface area contributed by atoms with E-state index >= 15 is 0 Å². The standard InChI is InChI=1S/C25H35N3O3/c1-19-4-9-24(29-3)22(16-19)10-13-27-25(26-2)28-17-20-5-7-21(8-6-20)18-31-23-11-14-30-15-12-23/h4-9,16,23H,10-15,17-18H2,1-3H3,(H2,26,27,28). The molecule has 1 heterocycles. The lowest BCUT2D eigenvalue weighted by molar-refractivity contribution is -0.0390. The van der Waals surface area contributed by atoms with Crippen LogP contribution in [0.4, 0.5) is 0 Å². The Bertz CT molecular complexity index is 830. The van der Waals surface area contributed by atoms with Gasteiger partial charge in [0.1, 0.15) is 5.75 Å². The van der Waals surface area contributed by atoms with Crippen molar-refractivity contribution >= 4 is 5.96 Å². The van der Waals surface area contributed by atoms with E-state index in [0.717, 1.165) is 50.7 Å². The van der Waals surface area contributed by atoms with Gasteiger partial charge in [-0.15, -0.1) is 0 Å². The Morgan fingerprint density at radius 2 is 1.81 bits per heavy atom. The third kappa shape index (κ3) is 7.56. The SMILES string of the molecule is CN=C(NCCc1cc(C)ccc1OC)NCc1ccc(COC2CCOCC2)cc1. The summed E-state index contributed by atoms with van der Waals surface area (Å²) in [7, 11) is 3.50. The fourth-order valence-electron chi connectivity index (χ4n) is 3.63. The van der Waals surface area contributed by atoms with Gasteiger partial charge in [0.2, 0.25) is 0 Å². The molecule has 0 radical (unpaired) electrons. The highest BCUT2D eigenvalue weighted by Gasteiger charge is 2.13. The van der Waals surface area contributed by atoms with Crippen molar-refractivity contribution in [2.45, 2.75) is 45.4 Å². The highest BCUT2D eigenvalue weighted by atomic mass is 16.5. The van der Waals surface area contributed by atoms with E-state index in [1.165, 1.54) is 22.3 Å². The largest absolute Gasteiger partial charge is 0.496 e. The molecule has 2 aromatic rings. The lowest BCUT2D eigenvalue weighted by Gasteiger charge is -2.22. The summed E-state index contributed by atoms with van der Waals surface area (Å²) in [6, 6.07) is 14.8. The Morgan fingerprint density at radius 3 is 2.52 bits per heavy atom. The second kappa shape index (κ2) is 12.3. The normalized spacial score (nSPS) is 15.0. The van der Waals surface area contributed by atoms with E-state index < -0.39 is 0 Å². The Morgan fingerprint density at radius 1 is 1.06 bits per heavy atom. The summed E-state index contributed by atoms with van der Waals surface area (Å²) < 4.78 is 16.8. The molecule has 1 aliphatic rings. The molecule has 3 rings (SSSR count).